The fourth-order valence-electron chi connectivity index (χ4n) is 1.20. The van der Waals surface area contributed by atoms with Crippen molar-refractivity contribution in [2.24, 2.45) is 0 Å². The minimum Gasteiger partial charge on any atom is -0.392 e. The highest BCUT2D eigenvalue weighted by Crippen LogP contribution is 2.33. The molecule has 1 heterocycles. The van der Waals surface area contributed by atoms with Crippen molar-refractivity contribution in [3.05, 3.63) is 23.5 Å². The summed E-state index contributed by atoms with van der Waals surface area (Å²) in [5.41, 5.74) is -0.833. The van der Waals surface area contributed by atoms with Crippen molar-refractivity contribution < 1.29 is 18.3 Å². The Morgan fingerprint density at radius 1 is 1.36 bits per heavy atom. The van der Waals surface area contributed by atoms with E-state index in [1.54, 1.807) is 13.8 Å². The van der Waals surface area contributed by atoms with E-state index in [1.165, 1.54) is 10.8 Å². The molecule has 5 heteroatoms. The van der Waals surface area contributed by atoms with Gasteiger partial charge in [-0.15, -0.1) is 0 Å². The van der Waals surface area contributed by atoms with Crippen molar-refractivity contribution in [1.82, 2.24) is 4.57 Å². The normalized spacial score (nSPS) is 12.5. The second-order valence-electron chi connectivity index (χ2n) is 3.39. The first kappa shape index (κ1) is 11.1. The zero-order chi connectivity index (χ0) is 10.9. The minimum atomic E-state index is -4.39. The number of nitrogens with zero attached hydrogens (tertiary/aromatic N) is 1. The van der Waals surface area contributed by atoms with Gasteiger partial charge in [-0.1, -0.05) is 0 Å². The zero-order valence-corrected chi connectivity index (χ0v) is 7.97. The monoisotopic (exact) mass is 207 g/mol. The smallest absolute Gasteiger partial charge is 0.392 e. The molecule has 0 atom stereocenters. The number of alkyl halides is 3. The van der Waals surface area contributed by atoms with Gasteiger partial charge in [0.1, 0.15) is 0 Å². The van der Waals surface area contributed by atoms with E-state index in [0.29, 0.717) is 0 Å². The van der Waals surface area contributed by atoms with Gasteiger partial charge >= 0.3 is 6.18 Å². The molecule has 0 amide bonds. The highest BCUT2D eigenvalue weighted by atomic mass is 19.4. The molecule has 0 spiro atoms. The highest BCUT2D eigenvalue weighted by Gasteiger charge is 2.34. The Hall–Kier alpha value is -0.970. The van der Waals surface area contributed by atoms with Crippen LogP contribution in [0.3, 0.4) is 0 Å². The van der Waals surface area contributed by atoms with Gasteiger partial charge in [-0.3, -0.25) is 0 Å². The van der Waals surface area contributed by atoms with Crippen LogP contribution in [0.15, 0.2) is 12.4 Å². The van der Waals surface area contributed by atoms with E-state index in [0.717, 1.165) is 6.20 Å². The molecule has 0 aliphatic rings. The molecule has 1 aromatic rings. The van der Waals surface area contributed by atoms with Crippen molar-refractivity contribution >= 4 is 0 Å². The van der Waals surface area contributed by atoms with Crippen LogP contribution in [0, 0.1) is 0 Å². The summed E-state index contributed by atoms with van der Waals surface area (Å²) in [6.45, 7) is 2.97. The van der Waals surface area contributed by atoms with Crippen LogP contribution in [0.5, 0.6) is 0 Å². The molecule has 1 aromatic heterocycles. The van der Waals surface area contributed by atoms with Gasteiger partial charge in [0.05, 0.1) is 12.2 Å². The standard InChI is InChI=1S/C9H12F3NO/c1-6(2)13-3-7(5-14)8(4-13)9(10,11)12/h3-4,6,14H,5H2,1-2H3. The molecule has 0 aliphatic heterocycles. The number of aliphatic hydroxyl groups is 1. The maximum Gasteiger partial charge on any atom is 0.418 e. The second-order valence-corrected chi connectivity index (χ2v) is 3.39. The lowest BCUT2D eigenvalue weighted by molar-refractivity contribution is -0.138. The van der Waals surface area contributed by atoms with E-state index in [9.17, 15) is 13.2 Å². The molecule has 0 fully saturated rings. The van der Waals surface area contributed by atoms with Crippen molar-refractivity contribution in [3.8, 4) is 0 Å². The van der Waals surface area contributed by atoms with Crippen LogP contribution in [-0.2, 0) is 12.8 Å². The highest BCUT2D eigenvalue weighted by molar-refractivity contribution is 5.26. The largest absolute Gasteiger partial charge is 0.418 e. The van der Waals surface area contributed by atoms with Crippen LogP contribution in [0.25, 0.3) is 0 Å². The predicted molar refractivity (Wildman–Crippen MR) is 45.7 cm³/mol. The SMILES string of the molecule is CC(C)n1cc(CO)c(C(F)(F)F)c1. The number of hydrogen-bond acceptors (Lipinski definition) is 1. The molecule has 1 rings (SSSR count). The van der Waals surface area contributed by atoms with Gasteiger partial charge in [-0.2, -0.15) is 13.2 Å². The first-order valence-electron chi connectivity index (χ1n) is 4.24. The lowest BCUT2D eigenvalue weighted by atomic mass is 10.2. The zero-order valence-electron chi connectivity index (χ0n) is 7.97. The van der Waals surface area contributed by atoms with Gasteiger partial charge < -0.3 is 9.67 Å². The Morgan fingerprint density at radius 3 is 2.21 bits per heavy atom. The molecule has 0 saturated heterocycles. The molecule has 0 unspecified atom stereocenters. The fraction of sp³-hybridized carbons (Fsp3) is 0.556. The fourth-order valence-corrected chi connectivity index (χ4v) is 1.20. The van der Waals surface area contributed by atoms with Gasteiger partial charge in [-0.25, -0.2) is 0 Å². The number of aromatic nitrogens is 1. The molecule has 0 aromatic carbocycles. The molecular weight excluding hydrogens is 195 g/mol. The van der Waals surface area contributed by atoms with E-state index in [1.807, 2.05) is 0 Å². The molecular formula is C9H12F3NO. The third kappa shape index (κ3) is 2.09. The van der Waals surface area contributed by atoms with Gasteiger partial charge in [0, 0.05) is 24.0 Å². The Labute approximate surface area is 80.0 Å². The minimum absolute atomic E-state index is 0.0450. The maximum absolute atomic E-state index is 12.4. The summed E-state index contributed by atoms with van der Waals surface area (Å²) in [7, 11) is 0. The van der Waals surface area contributed by atoms with Crippen molar-refractivity contribution in [3.63, 3.8) is 0 Å². The molecule has 0 bridgehead atoms. The molecule has 14 heavy (non-hydrogen) atoms. The third-order valence-electron chi connectivity index (χ3n) is 2.00. The molecule has 0 saturated carbocycles. The quantitative estimate of drug-likeness (QED) is 0.792. The van der Waals surface area contributed by atoms with Crippen LogP contribution in [0.2, 0.25) is 0 Å². The summed E-state index contributed by atoms with van der Waals surface area (Å²) < 4.78 is 38.6. The number of aliphatic hydroxyl groups excluding tert-OH is 1. The first-order chi connectivity index (χ1) is 6.36. The maximum atomic E-state index is 12.4. The Morgan fingerprint density at radius 2 is 1.93 bits per heavy atom. The average molecular weight is 207 g/mol. The van der Waals surface area contributed by atoms with Gasteiger partial charge in [0.25, 0.3) is 0 Å². The van der Waals surface area contributed by atoms with Crippen molar-refractivity contribution in [2.75, 3.05) is 0 Å². The lowest BCUT2D eigenvalue weighted by Crippen LogP contribution is -2.06. The average Bonchev–Trinajstić information content (AvgIpc) is 2.46. The Balaban J connectivity index is 3.16. The summed E-state index contributed by atoms with van der Waals surface area (Å²) in [6, 6.07) is -0.0450. The van der Waals surface area contributed by atoms with Gasteiger partial charge in [0.2, 0.25) is 0 Å². The topological polar surface area (TPSA) is 25.2 Å². The molecule has 0 aliphatic carbocycles. The van der Waals surface area contributed by atoms with E-state index >= 15 is 0 Å². The number of hydrogen-bond donors (Lipinski definition) is 1. The number of halogens is 3. The van der Waals surface area contributed by atoms with Gasteiger partial charge in [-0.05, 0) is 13.8 Å². The van der Waals surface area contributed by atoms with Crippen LogP contribution in [0.1, 0.15) is 31.0 Å². The van der Waals surface area contributed by atoms with Crippen LogP contribution in [-0.4, -0.2) is 9.67 Å². The first-order valence-corrected chi connectivity index (χ1v) is 4.24. The molecule has 0 radical (unpaired) electrons. The Kier molecular flexibility index (Phi) is 2.89. The van der Waals surface area contributed by atoms with E-state index in [2.05, 4.69) is 0 Å². The van der Waals surface area contributed by atoms with Crippen LogP contribution in [0.4, 0.5) is 13.2 Å². The lowest BCUT2D eigenvalue weighted by Gasteiger charge is -2.06. The summed E-state index contributed by atoms with van der Waals surface area (Å²) in [4.78, 5) is 0. The van der Waals surface area contributed by atoms with Crippen LogP contribution < -0.4 is 0 Å². The van der Waals surface area contributed by atoms with Crippen molar-refractivity contribution in [2.45, 2.75) is 32.7 Å². The molecule has 80 valence electrons. The molecule has 2 nitrogen and oxygen atoms in total. The van der Waals surface area contributed by atoms with Crippen LogP contribution >= 0.6 is 0 Å². The molecule has 1 N–H and O–H groups in total. The number of rotatable bonds is 2. The van der Waals surface area contributed by atoms with Crippen molar-refractivity contribution in [1.29, 1.82) is 0 Å². The second kappa shape index (κ2) is 3.65. The van der Waals surface area contributed by atoms with E-state index in [4.69, 9.17) is 5.11 Å². The summed E-state index contributed by atoms with van der Waals surface area (Å²) in [5, 5.41) is 8.76. The summed E-state index contributed by atoms with van der Waals surface area (Å²) >= 11 is 0. The summed E-state index contributed by atoms with van der Waals surface area (Å²) in [5.74, 6) is 0. The van der Waals surface area contributed by atoms with E-state index < -0.39 is 18.3 Å². The third-order valence-corrected chi connectivity index (χ3v) is 2.00. The summed E-state index contributed by atoms with van der Waals surface area (Å²) in [6.07, 6.45) is -2.04. The van der Waals surface area contributed by atoms with Gasteiger partial charge in [0.15, 0.2) is 0 Å². The van der Waals surface area contributed by atoms with E-state index in [-0.39, 0.29) is 11.6 Å². The Bertz CT molecular complexity index is 314. The predicted octanol–water partition coefficient (Wildman–Crippen LogP) is 2.58.